The lowest BCUT2D eigenvalue weighted by Gasteiger charge is -2.18. The lowest BCUT2D eigenvalue weighted by Crippen LogP contribution is -2.37. The summed E-state index contributed by atoms with van der Waals surface area (Å²) in [7, 11) is 0. The summed E-state index contributed by atoms with van der Waals surface area (Å²) in [5.41, 5.74) is 0. The molecule has 1 heterocycles. The number of rotatable bonds is 7. The van der Waals surface area contributed by atoms with E-state index in [4.69, 9.17) is 4.74 Å². The Balaban J connectivity index is 1.50. The number of ether oxygens (including phenoxy) is 1. The molecule has 1 aliphatic heterocycles. The molecule has 0 radical (unpaired) electrons. The molecule has 0 spiro atoms. The lowest BCUT2D eigenvalue weighted by molar-refractivity contribution is 0.102. The van der Waals surface area contributed by atoms with Crippen molar-refractivity contribution in [2.24, 2.45) is 5.92 Å². The molecule has 2 fully saturated rings. The second-order valence-electron chi connectivity index (χ2n) is 5.63. The van der Waals surface area contributed by atoms with Crippen molar-refractivity contribution in [3.63, 3.8) is 0 Å². The third-order valence-corrected chi connectivity index (χ3v) is 3.44. The van der Waals surface area contributed by atoms with E-state index >= 15 is 0 Å². The number of likely N-dealkylation sites (tertiary alicyclic amines) is 1. The second-order valence-corrected chi connectivity index (χ2v) is 5.63. The van der Waals surface area contributed by atoms with E-state index in [-0.39, 0.29) is 0 Å². The van der Waals surface area contributed by atoms with E-state index in [0.717, 1.165) is 25.7 Å². The molecule has 0 bridgehead atoms. The Morgan fingerprint density at radius 2 is 2.12 bits per heavy atom. The van der Waals surface area contributed by atoms with E-state index in [1.807, 2.05) is 0 Å². The van der Waals surface area contributed by atoms with E-state index in [9.17, 15) is 0 Å². The molecule has 1 saturated carbocycles. The van der Waals surface area contributed by atoms with Crippen molar-refractivity contribution in [1.82, 2.24) is 10.2 Å². The summed E-state index contributed by atoms with van der Waals surface area (Å²) < 4.78 is 5.67. The van der Waals surface area contributed by atoms with Crippen LogP contribution in [0.15, 0.2) is 0 Å². The molecule has 0 aromatic carbocycles. The van der Waals surface area contributed by atoms with Crippen LogP contribution in [0.3, 0.4) is 0 Å². The van der Waals surface area contributed by atoms with E-state index < -0.39 is 0 Å². The van der Waals surface area contributed by atoms with Gasteiger partial charge in [0.1, 0.15) is 0 Å². The summed E-state index contributed by atoms with van der Waals surface area (Å²) in [6, 6.07) is 1.31. The van der Waals surface area contributed by atoms with E-state index in [2.05, 4.69) is 24.1 Å². The first-order chi connectivity index (χ1) is 7.74. The molecule has 1 saturated heterocycles. The zero-order valence-electron chi connectivity index (χ0n) is 10.7. The first-order valence-electron chi connectivity index (χ1n) is 6.80. The highest BCUT2D eigenvalue weighted by Crippen LogP contribution is 2.28. The molecule has 0 amide bonds. The predicted octanol–water partition coefficient (Wildman–Crippen LogP) is 1.49. The molecule has 3 nitrogen and oxygen atoms in total. The zero-order valence-corrected chi connectivity index (χ0v) is 10.7. The molecule has 1 unspecified atom stereocenters. The molecular formula is C13H26N2O. The maximum Gasteiger partial charge on any atom is 0.0593 e. The van der Waals surface area contributed by atoms with Crippen LogP contribution in [0.1, 0.15) is 33.1 Å². The molecular weight excluding hydrogens is 200 g/mol. The Morgan fingerprint density at radius 1 is 1.31 bits per heavy atom. The van der Waals surface area contributed by atoms with Crippen LogP contribution in [0, 0.1) is 5.92 Å². The molecule has 16 heavy (non-hydrogen) atoms. The minimum absolute atomic E-state index is 0.607. The van der Waals surface area contributed by atoms with Gasteiger partial charge in [-0.2, -0.15) is 0 Å². The molecule has 0 aromatic heterocycles. The Labute approximate surface area is 99.5 Å². The fraction of sp³-hybridized carbons (Fsp3) is 1.00. The molecule has 2 rings (SSSR count). The summed E-state index contributed by atoms with van der Waals surface area (Å²) in [6.45, 7) is 9.92. The van der Waals surface area contributed by atoms with Crippen LogP contribution >= 0.6 is 0 Å². The highest BCUT2D eigenvalue weighted by molar-refractivity contribution is 4.81. The first-order valence-corrected chi connectivity index (χ1v) is 6.80. The Kier molecular flexibility index (Phi) is 4.62. The lowest BCUT2D eigenvalue weighted by atomic mass is 10.2. The van der Waals surface area contributed by atoms with Crippen LogP contribution < -0.4 is 5.32 Å². The molecule has 1 atom stereocenters. The summed E-state index contributed by atoms with van der Waals surface area (Å²) in [4.78, 5) is 2.52. The monoisotopic (exact) mass is 226 g/mol. The highest BCUT2D eigenvalue weighted by Gasteiger charge is 2.23. The van der Waals surface area contributed by atoms with Gasteiger partial charge in [-0.1, -0.05) is 13.8 Å². The standard InChI is InChI=1S/C13H26N2O/c1-11(2)14-13-5-6-15(9-13)7-8-16-10-12-3-4-12/h11-14H,3-10H2,1-2H3. The van der Waals surface area contributed by atoms with Gasteiger partial charge in [0.05, 0.1) is 6.61 Å². The van der Waals surface area contributed by atoms with Crippen LogP contribution in [0.2, 0.25) is 0 Å². The predicted molar refractivity (Wildman–Crippen MR) is 66.7 cm³/mol. The summed E-state index contributed by atoms with van der Waals surface area (Å²) in [5.74, 6) is 0.897. The van der Waals surface area contributed by atoms with Crippen LogP contribution in [-0.4, -0.2) is 49.8 Å². The number of nitrogens with one attached hydrogen (secondary N) is 1. The van der Waals surface area contributed by atoms with Crippen molar-refractivity contribution >= 4 is 0 Å². The van der Waals surface area contributed by atoms with Crippen molar-refractivity contribution in [2.75, 3.05) is 32.8 Å². The van der Waals surface area contributed by atoms with Crippen molar-refractivity contribution in [1.29, 1.82) is 0 Å². The SMILES string of the molecule is CC(C)NC1CCN(CCOCC2CC2)C1. The largest absolute Gasteiger partial charge is 0.380 e. The summed E-state index contributed by atoms with van der Waals surface area (Å²) in [5, 5.41) is 3.61. The minimum Gasteiger partial charge on any atom is -0.380 e. The van der Waals surface area contributed by atoms with Crippen LogP contribution in [0.5, 0.6) is 0 Å². The van der Waals surface area contributed by atoms with Crippen molar-refractivity contribution < 1.29 is 4.74 Å². The van der Waals surface area contributed by atoms with Gasteiger partial charge in [0.25, 0.3) is 0 Å². The average molecular weight is 226 g/mol. The van der Waals surface area contributed by atoms with Gasteiger partial charge >= 0.3 is 0 Å². The maximum atomic E-state index is 5.67. The van der Waals surface area contributed by atoms with Gasteiger partial charge in [-0.3, -0.25) is 4.90 Å². The molecule has 1 aliphatic carbocycles. The van der Waals surface area contributed by atoms with Crippen LogP contribution in [-0.2, 0) is 4.74 Å². The van der Waals surface area contributed by atoms with Crippen molar-refractivity contribution in [3.05, 3.63) is 0 Å². The maximum absolute atomic E-state index is 5.67. The van der Waals surface area contributed by atoms with E-state index in [0.29, 0.717) is 12.1 Å². The van der Waals surface area contributed by atoms with Gasteiger partial charge in [0.15, 0.2) is 0 Å². The number of hydrogen-bond acceptors (Lipinski definition) is 3. The number of hydrogen-bond donors (Lipinski definition) is 1. The van der Waals surface area contributed by atoms with Gasteiger partial charge in [-0.25, -0.2) is 0 Å². The minimum atomic E-state index is 0.607. The van der Waals surface area contributed by atoms with Gasteiger partial charge < -0.3 is 10.1 Å². The Morgan fingerprint density at radius 3 is 2.81 bits per heavy atom. The molecule has 2 aliphatic rings. The molecule has 3 heteroatoms. The quantitative estimate of drug-likeness (QED) is 0.666. The van der Waals surface area contributed by atoms with Gasteiger partial charge in [-0.05, 0) is 31.7 Å². The smallest absolute Gasteiger partial charge is 0.0593 e. The van der Waals surface area contributed by atoms with E-state index in [1.165, 1.54) is 32.4 Å². The molecule has 1 N–H and O–H groups in total. The molecule has 0 aromatic rings. The normalized spacial score (nSPS) is 26.8. The van der Waals surface area contributed by atoms with Gasteiger partial charge in [-0.15, -0.1) is 0 Å². The topological polar surface area (TPSA) is 24.5 Å². The van der Waals surface area contributed by atoms with Crippen molar-refractivity contribution in [2.45, 2.75) is 45.2 Å². The Bertz CT molecular complexity index is 204. The van der Waals surface area contributed by atoms with Crippen LogP contribution in [0.4, 0.5) is 0 Å². The van der Waals surface area contributed by atoms with E-state index in [1.54, 1.807) is 0 Å². The third-order valence-electron chi connectivity index (χ3n) is 3.44. The zero-order chi connectivity index (χ0) is 11.4. The first kappa shape index (κ1) is 12.3. The van der Waals surface area contributed by atoms with Crippen LogP contribution in [0.25, 0.3) is 0 Å². The molecule has 94 valence electrons. The third kappa shape index (κ3) is 4.40. The van der Waals surface area contributed by atoms with Gasteiger partial charge in [0, 0.05) is 31.8 Å². The fourth-order valence-corrected chi connectivity index (χ4v) is 2.37. The van der Waals surface area contributed by atoms with Crippen molar-refractivity contribution in [3.8, 4) is 0 Å². The Hall–Kier alpha value is -0.120. The highest BCUT2D eigenvalue weighted by atomic mass is 16.5. The van der Waals surface area contributed by atoms with Gasteiger partial charge in [0.2, 0.25) is 0 Å². The number of nitrogens with zero attached hydrogens (tertiary/aromatic N) is 1. The average Bonchev–Trinajstić information content (AvgIpc) is 2.95. The second kappa shape index (κ2) is 5.99. The fourth-order valence-electron chi connectivity index (χ4n) is 2.37. The summed E-state index contributed by atoms with van der Waals surface area (Å²) >= 11 is 0. The summed E-state index contributed by atoms with van der Waals surface area (Å²) in [6.07, 6.45) is 4.08.